The van der Waals surface area contributed by atoms with Crippen molar-refractivity contribution in [3.63, 3.8) is 0 Å². The lowest BCUT2D eigenvalue weighted by molar-refractivity contribution is -0.135. The van der Waals surface area contributed by atoms with Gasteiger partial charge in [-0.3, -0.25) is 9.59 Å². The summed E-state index contributed by atoms with van der Waals surface area (Å²) >= 11 is 0. The second kappa shape index (κ2) is 9.51. The van der Waals surface area contributed by atoms with E-state index in [2.05, 4.69) is 41.8 Å². The molecule has 5 heteroatoms. The van der Waals surface area contributed by atoms with Gasteiger partial charge in [0.25, 0.3) is 0 Å². The van der Waals surface area contributed by atoms with Gasteiger partial charge in [-0.2, -0.15) is 0 Å². The molecule has 5 nitrogen and oxygen atoms in total. The molecule has 1 heterocycles. The third kappa shape index (κ3) is 4.98. The number of nitrogens with zero attached hydrogens (tertiary/aromatic N) is 1. The molecular formula is C23H29N3O2. The summed E-state index contributed by atoms with van der Waals surface area (Å²) in [5.74, 6) is -0.0673. The van der Waals surface area contributed by atoms with E-state index in [4.69, 9.17) is 0 Å². The lowest BCUT2D eigenvalue weighted by atomic mass is 9.98. The van der Waals surface area contributed by atoms with Gasteiger partial charge in [0, 0.05) is 26.6 Å². The second-order valence-corrected chi connectivity index (χ2v) is 7.27. The topological polar surface area (TPSA) is 61.4 Å². The van der Waals surface area contributed by atoms with Crippen molar-refractivity contribution in [3.8, 4) is 0 Å². The Morgan fingerprint density at radius 2 is 1.86 bits per heavy atom. The van der Waals surface area contributed by atoms with E-state index in [9.17, 15) is 9.59 Å². The van der Waals surface area contributed by atoms with Crippen LogP contribution in [0.5, 0.6) is 0 Å². The molecule has 0 saturated carbocycles. The lowest BCUT2D eigenvalue weighted by Crippen LogP contribution is -2.49. The maximum absolute atomic E-state index is 13.2. The predicted octanol–water partition coefficient (Wildman–Crippen LogP) is 2.99. The third-order valence-electron chi connectivity index (χ3n) is 5.29. The van der Waals surface area contributed by atoms with Crippen molar-refractivity contribution in [2.24, 2.45) is 0 Å². The van der Waals surface area contributed by atoms with Crippen molar-refractivity contribution >= 4 is 11.8 Å². The zero-order valence-corrected chi connectivity index (χ0v) is 16.7. The molecule has 1 saturated heterocycles. The van der Waals surface area contributed by atoms with Gasteiger partial charge in [0.15, 0.2) is 0 Å². The maximum Gasteiger partial charge on any atom is 0.225 e. The minimum atomic E-state index is -0.316. The Kier molecular flexibility index (Phi) is 6.82. The van der Waals surface area contributed by atoms with Gasteiger partial charge in [-0.05, 0) is 23.1 Å². The molecule has 0 aliphatic carbocycles. The van der Waals surface area contributed by atoms with E-state index < -0.39 is 0 Å². The molecule has 2 amide bonds. The SMILES string of the molecule is CCc1ccc(C2CNCCN2C(=O)CC(NC(C)=O)c2ccccc2)cc1. The van der Waals surface area contributed by atoms with Crippen LogP contribution in [0.25, 0.3) is 0 Å². The summed E-state index contributed by atoms with van der Waals surface area (Å²) in [5, 5.41) is 6.33. The van der Waals surface area contributed by atoms with Gasteiger partial charge >= 0.3 is 0 Å². The summed E-state index contributed by atoms with van der Waals surface area (Å²) in [6, 6.07) is 17.9. The number of hydrogen-bond donors (Lipinski definition) is 2. The molecule has 0 spiro atoms. The Labute approximate surface area is 167 Å². The molecule has 0 bridgehead atoms. The summed E-state index contributed by atoms with van der Waals surface area (Å²) in [4.78, 5) is 26.9. The van der Waals surface area contributed by atoms with E-state index >= 15 is 0 Å². The van der Waals surface area contributed by atoms with Crippen molar-refractivity contribution in [1.82, 2.24) is 15.5 Å². The van der Waals surface area contributed by atoms with Crippen molar-refractivity contribution in [3.05, 3.63) is 71.3 Å². The largest absolute Gasteiger partial charge is 0.349 e. The minimum Gasteiger partial charge on any atom is -0.349 e. The summed E-state index contributed by atoms with van der Waals surface area (Å²) in [7, 11) is 0. The summed E-state index contributed by atoms with van der Waals surface area (Å²) in [6.07, 6.45) is 1.26. The number of benzene rings is 2. The highest BCUT2D eigenvalue weighted by atomic mass is 16.2. The van der Waals surface area contributed by atoms with Gasteiger partial charge in [-0.1, -0.05) is 61.5 Å². The van der Waals surface area contributed by atoms with Crippen molar-refractivity contribution in [2.45, 2.75) is 38.8 Å². The molecule has 2 aromatic carbocycles. The molecule has 148 valence electrons. The van der Waals surface area contributed by atoms with Crippen molar-refractivity contribution in [1.29, 1.82) is 0 Å². The third-order valence-corrected chi connectivity index (χ3v) is 5.29. The Bertz CT molecular complexity index is 789. The van der Waals surface area contributed by atoms with Gasteiger partial charge in [-0.15, -0.1) is 0 Å². The lowest BCUT2D eigenvalue weighted by Gasteiger charge is -2.37. The highest BCUT2D eigenvalue weighted by Gasteiger charge is 2.29. The van der Waals surface area contributed by atoms with Gasteiger partial charge in [-0.25, -0.2) is 0 Å². The predicted molar refractivity (Wildman–Crippen MR) is 111 cm³/mol. The van der Waals surface area contributed by atoms with Gasteiger partial charge in [0.05, 0.1) is 18.5 Å². The van der Waals surface area contributed by atoms with Crippen LogP contribution in [-0.2, 0) is 16.0 Å². The molecule has 2 atom stereocenters. The average molecular weight is 380 g/mol. The van der Waals surface area contributed by atoms with Crippen LogP contribution in [0.4, 0.5) is 0 Å². The van der Waals surface area contributed by atoms with Crippen LogP contribution >= 0.6 is 0 Å². The van der Waals surface area contributed by atoms with Crippen LogP contribution in [-0.4, -0.2) is 36.3 Å². The van der Waals surface area contributed by atoms with Gasteiger partial charge in [0.1, 0.15) is 0 Å². The molecule has 3 rings (SSSR count). The fourth-order valence-electron chi connectivity index (χ4n) is 3.75. The molecule has 0 aromatic heterocycles. The number of nitrogens with one attached hydrogen (secondary N) is 2. The Balaban J connectivity index is 1.78. The van der Waals surface area contributed by atoms with Crippen LogP contribution in [0.2, 0.25) is 0 Å². The van der Waals surface area contributed by atoms with E-state index in [0.29, 0.717) is 6.54 Å². The fourth-order valence-corrected chi connectivity index (χ4v) is 3.75. The number of amides is 2. The first-order valence-corrected chi connectivity index (χ1v) is 9.99. The first kappa shape index (κ1) is 20.1. The van der Waals surface area contributed by atoms with Gasteiger partial charge < -0.3 is 15.5 Å². The molecular weight excluding hydrogens is 350 g/mol. The Hall–Kier alpha value is -2.66. The molecule has 28 heavy (non-hydrogen) atoms. The standard InChI is InChI=1S/C23H29N3O2/c1-3-18-9-11-20(12-10-18)22-16-24-13-14-26(22)23(28)15-21(25-17(2)27)19-7-5-4-6-8-19/h4-12,21-22,24H,3,13-16H2,1-2H3,(H,25,27). The number of piperazine rings is 1. The molecule has 0 radical (unpaired) electrons. The van der Waals surface area contributed by atoms with Crippen LogP contribution in [0.15, 0.2) is 54.6 Å². The van der Waals surface area contributed by atoms with E-state index in [0.717, 1.165) is 30.6 Å². The Morgan fingerprint density at radius 3 is 2.50 bits per heavy atom. The average Bonchev–Trinajstić information content (AvgIpc) is 2.73. The second-order valence-electron chi connectivity index (χ2n) is 7.27. The fraction of sp³-hybridized carbons (Fsp3) is 0.391. The zero-order valence-electron chi connectivity index (χ0n) is 16.7. The highest BCUT2D eigenvalue weighted by molar-refractivity contribution is 5.79. The zero-order chi connectivity index (χ0) is 19.9. The molecule has 1 aliphatic heterocycles. The number of aryl methyl sites for hydroxylation is 1. The van der Waals surface area contributed by atoms with Crippen LogP contribution < -0.4 is 10.6 Å². The van der Waals surface area contributed by atoms with Crippen molar-refractivity contribution < 1.29 is 9.59 Å². The van der Waals surface area contributed by atoms with E-state index in [1.807, 2.05) is 35.2 Å². The summed E-state index contributed by atoms with van der Waals surface area (Å²) in [6.45, 7) is 5.82. The Morgan fingerprint density at radius 1 is 1.14 bits per heavy atom. The maximum atomic E-state index is 13.2. The molecule has 2 N–H and O–H groups in total. The number of carbonyl (C=O) groups excluding carboxylic acids is 2. The number of carbonyl (C=O) groups is 2. The monoisotopic (exact) mass is 379 g/mol. The summed E-state index contributed by atoms with van der Waals surface area (Å²) < 4.78 is 0. The van der Waals surface area contributed by atoms with E-state index in [-0.39, 0.29) is 30.3 Å². The van der Waals surface area contributed by atoms with Crippen LogP contribution in [0, 0.1) is 0 Å². The molecule has 2 unspecified atom stereocenters. The van der Waals surface area contributed by atoms with Crippen molar-refractivity contribution in [2.75, 3.05) is 19.6 Å². The quantitative estimate of drug-likeness (QED) is 0.811. The van der Waals surface area contributed by atoms with E-state index in [1.54, 1.807) is 0 Å². The summed E-state index contributed by atoms with van der Waals surface area (Å²) in [5.41, 5.74) is 3.39. The molecule has 2 aromatic rings. The normalized spacial score (nSPS) is 17.8. The highest BCUT2D eigenvalue weighted by Crippen LogP contribution is 2.26. The van der Waals surface area contributed by atoms with Gasteiger partial charge in [0.2, 0.25) is 11.8 Å². The first-order valence-electron chi connectivity index (χ1n) is 9.99. The smallest absolute Gasteiger partial charge is 0.225 e. The minimum absolute atomic E-state index is 0.0147. The molecule has 1 aliphatic rings. The van der Waals surface area contributed by atoms with E-state index in [1.165, 1.54) is 12.5 Å². The number of hydrogen-bond acceptors (Lipinski definition) is 3. The number of rotatable bonds is 6. The first-order chi connectivity index (χ1) is 13.6. The van der Waals surface area contributed by atoms with Crippen LogP contribution in [0.3, 0.4) is 0 Å². The van der Waals surface area contributed by atoms with Crippen LogP contribution in [0.1, 0.15) is 49.0 Å². The molecule has 1 fully saturated rings.